The smallest absolute Gasteiger partial charge is 0.0594 e. The molecule has 416 valence electrons. The van der Waals surface area contributed by atoms with Crippen molar-refractivity contribution in [3.63, 3.8) is 0 Å². The van der Waals surface area contributed by atoms with Crippen LogP contribution < -0.4 is 0 Å². The molecule has 64 heavy (non-hydrogen) atoms. The van der Waals surface area contributed by atoms with E-state index in [0.29, 0.717) is 12.1 Å². The van der Waals surface area contributed by atoms with Crippen LogP contribution >= 0.6 is 0 Å². The summed E-state index contributed by atoms with van der Waals surface area (Å²) in [5, 5.41) is 0. The molecule has 0 radical (unpaired) electrons. The predicted molar refractivity (Wildman–Crippen MR) is 314 cm³/mol. The monoisotopic (exact) mass is 970 g/mol. The van der Waals surface area contributed by atoms with Gasteiger partial charge in [0.05, 0.1) is 19.8 Å². The number of morpholine rings is 1. The van der Waals surface area contributed by atoms with E-state index in [2.05, 4.69) is 155 Å². The molecule has 11 heteroatoms. The number of likely N-dealkylation sites (N-methyl/N-ethyl adjacent to an activating group) is 2. The summed E-state index contributed by atoms with van der Waals surface area (Å²) in [7, 11) is 4.40. The van der Waals surface area contributed by atoms with Gasteiger partial charge < -0.3 is 34.0 Å². The summed E-state index contributed by atoms with van der Waals surface area (Å²) in [5.74, 6) is 0. The quantitative estimate of drug-likeness (QED) is 0.245. The van der Waals surface area contributed by atoms with Crippen molar-refractivity contribution in [3.05, 3.63) is 0 Å². The number of rotatable bonds is 7. The van der Waals surface area contributed by atoms with Crippen LogP contribution in [0, 0.1) is 0 Å². The zero-order valence-electron chi connectivity index (χ0n) is 70.1. The number of hydrogen-bond donors (Lipinski definition) is 0. The molecule has 0 aromatic carbocycles. The lowest BCUT2D eigenvalue weighted by atomic mass is 10.1. The Kier molecular flexibility index (Phi) is 25.5. The van der Waals surface area contributed by atoms with Crippen molar-refractivity contribution in [2.45, 2.75) is 191 Å². The van der Waals surface area contributed by atoms with Gasteiger partial charge in [-0.1, -0.05) is 6.42 Å². The second-order valence-electron chi connectivity index (χ2n) is 21.6. The number of piperidine rings is 1. The van der Waals surface area contributed by atoms with Gasteiger partial charge >= 0.3 is 0 Å². The summed E-state index contributed by atoms with van der Waals surface area (Å²) >= 11 is 0. The van der Waals surface area contributed by atoms with Crippen LogP contribution in [0.2, 0.25) is 0 Å². The van der Waals surface area contributed by atoms with Gasteiger partial charge in [0.15, 0.2) is 0 Å². The molecule has 0 bridgehead atoms. The first-order chi connectivity index (χ1) is 42.4. The highest BCUT2D eigenvalue weighted by molar-refractivity contribution is 4.74. The molecule has 0 amide bonds. The van der Waals surface area contributed by atoms with E-state index in [9.17, 15) is 0 Å². The highest BCUT2D eigenvalue weighted by atomic mass is 16.5. The molecular formula is C53H147N9O2. The molecule has 0 saturated carbocycles. The van der Waals surface area contributed by atoms with Gasteiger partial charge in [-0.15, -0.1) is 0 Å². The summed E-state index contributed by atoms with van der Waals surface area (Å²) < 4.78 is 131. The van der Waals surface area contributed by atoms with Crippen LogP contribution in [0.5, 0.6) is 0 Å². The standard InChI is InChI=1S/C9H20N2.C8H18N2.C8H17NO.C8H17N.C7H15NO.C7H15N.C6H13N.16H2/c1-9(2)11-6-4-5-10(3)7-8-11;1-8(2)10-6-4-9(3)5-7-10;1-8(2)9-4-3-6-10-7-5-9;1-8(2)9-6-4-3-5-7-9;1-7(2)8-3-5-9-6-4-8;1-7(2)8-5-3-4-6-8;1-6(2)7-4-3-5-7;;;;;;;;;;;;;;;;/h9H,4-8H2,1-3H3;8H,4-7H2,1-3H3;8H,3-7H2,1-2H3;8H,3-7H2,1-2H3;7H,3-6H2,1-2H3;7H,3-6H2,1-2H3;6H,3-5H2,1-2H3;16*1H/i;;;;;;;12*1+1D;4*1+1. The largest absolute Gasteiger partial charge is 0.380 e. The summed E-state index contributed by atoms with van der Waals surface area (Å²) in [6, 6.07) is 5.15. The number of ether oxygens (including phenoxy) is 2. The molecule has 0 unspecified atom stereocenters. The highest BCUT2D eigenvalue weighted by Crippen LogP contribution is 2.12. The van der Waals surface area contributed by atoms with Crippen LogP contribution in [0.3, 0.4) is 0 Å². The van der Waals surface area contributed by atoms with E-state index in [0.717, 1.165) is 76.3 Å². The molecule has 0 atom stereocenters. The fourth-order valence-corrected chi connectivity index (χ4v) is 8.85. The summed E-state index contributed by atoms with van der Waals surface area (Å²) in [4.78, 5) is 22.4. The van der Waals surface area contributed by atoms with E-state index in [4.69, 9.17) is 45.1 Å². The van der Waals surface area contributed by atoms with Crippen LogP contribution in [0.15, 0.2) is 0 Å². The molecule has 7 rings (SSSR count). The predicted octanol–water partition coefficient (Wildman–Crippen LogP) is 11.9. The molecule has 0 N–H and O–H groups in total. The lowest BCUT2D eigenvalue weighted by Crippen LogP contribution is -2.47. The second kappa shape index (κ2) is 37.5. The molecule has 7 heterocycles. The fourth-order valence-electron chi connectivity index (χ4n) is 8.85. The molecule has 7 aliphatic rings. The van der Waals surface area contributed by atoms with E-state index in [-0.39, 0.29) is 5.71 Å². The van der Waals surface area contributed by atoms with Crippen LogP contribution in [0.1, 0.15) is 190 Å². The van der Waals surface area contributed by atoms with Crippen molar-refractivity contribution in [2.24, 2.45) is 0 Å². The Morgan fingerprint density at radius 3 is 0.828 bits per heavy atom. The summed E-state index contributed by atoms with van der Waals surface area (Å²) in [6.45, 7) is 57.8. The van der Waals surface area contributed by atoms with Crippen LogP contribution in [0.4, 0.5) is 0 Å². The second-order valence-corrected chi connectivity index (χ2v) is 21.6. The Morgan fingerprint density at radius 1 is 0.250 bits per heavy atom. The zero-order valence-corrected chi connectivity index (χ0v) is 46.1. The van der Waals surface area contributed by atoms with E-state index in [1.165, 1.54) is 150 Å². The van der Waals surface area contributed by atoms with Crippen molar-refractivity contribution in [1.29, 1.82) is 0 Å². The van der Waals surface area contributed by atoms with Crippen molar-refractivity contribution in [2.75, 3.05) is 158 Å². The number of piperazine rings is 1. The summed E-state index contributed by atoms with van der Waals surface area (Å²) in [5.41, 5.74) is 0. The molecule has 7 fully saturated rings. The van der Waals surface area contributed by atoms with Gasteiger partial charge in [0.2, 0.25) is 0 Å². The van der Waals surface area contributed by atoms with Crippen LogP contribution in [-0.4, -0.2) is 245 Å². The molecule has 7 aliphatic heterocycles. The van der Waals surface area contributed by atoms with Gasteiger partial charge in [-0.2, -0.15) is 0 Å². The topological polar surface area (TPSA) is 47.6 Å². The third-order valence-corrected chi connectivity index (χ3v) is 14.1. The lowest BCUT2D eigenvalue weighted by Gasteiger charge is -2.34. The Labute approximate surface area is 444 Å². The Bertz CT molecular complexity index is 1070. The maximum Gasteiger partial charge on any atom is 0.0594 e. The van der Waals surface area contributed by atoms with Gasteiger partial charge in [-0.05, 0) is 208 Å². The highest BCUT2D eigenvalue weighted by Gasteiger charge is 2.18. The molecule has 0 aromatic heterocycles. The Balaban J connectivity index is -0.0000000493. The minimum absolute atomic E-state index is 0. The normalized spacial score (nSPS) is 24.8. The minimum Gasteiger partial charge on any atom is -0.380 e. The third kappa shape index (κ3) is 30.1. The zero-order chi connectivity index (χ0) is 71.9. The van der Waals surface area contributed by atoms with E-state index in [1.54, 1.807) is 0 Å². The van der Waals surface area contributed by atoms with Crippen LogP contribution in [0.25, 0.3) is 0 Å². The third-order valence-electron chi connectivity index (χ3n) is 14.1. The lowest BCUT2D eigenvalue weighted by molar-refractivity contribution is 0.0238. The van der Waals surface area contributed by atoms with Gasteiger partial charge in [0.25, 0.3) is 0 Å². The van der Waals surface area contributed by atoms with E-state index in [1.807, 2.05) is 0 Å². The first-order valence-electron chi connectivity index (χ1n) is 39.1. The maximum absolute atomic E-state index is 5.33. The molecule has 0 aromatic rings. The number of likely N-dealkylation sites (tertiary alicyclic amines) is 3. The van der Waals surface area contributed by atoms with Gasteiger partial charge in [0, 0.05) is 156 Å². The Morgan fingerprint density at radius 2 is 0.484 bits per heavy atom. The SMILES string of the molecule is CC(C)N1CCC1.CC(C)N1CCCC1.CC(C)N1CCCCC1.CC(C)N1CCCN(C)CC1.CC(C)N1CCCOCC1.CC(C)N1CCN(C)CC1.CC(C)N1CCOCC1.[2HH].[2HH].[2HH].[2HH].[2H][2H].[2H][2H].[2H][2H].[2H][2H].[2H][2H].[2H][2H].[2H][2H].[2H][2H].[2H][2H].[2H][2H].[2H][2H].[2H][2H]. The molecule has 0 aliphatic carbocycles. The van der Waals surface area contributed by atoms with Crippen molar-refractivity contribution in [1.82, 2.24) is 44.1 Å². The molecule has 11 nitrogen and oxygen atoms in total. The van der Waals surface area contributed by atoms with Crippen LogP contribution in [-0.2, 0) is 9.47 Å². The Hall–Kier alpha value is -0.440. The molecule has 0 spiro atoms. The average molecular weight is 971 g/mol. The van der Waals surface area contributed by atoms with Crippen molar-refractivity contribution in [3.8, 4) is 0 Å². The first kappa shape index (κ1) is 43.6. The van der Waals surface area contributed by atoms with E-state index >= 15 is 0 Å². The molecular weight excluding hydrogens is 795 g/mol. The van der Waals surface area contributed by atoms with Gasteiger partial charge in [-0.3, -0.25) is 19.6 Å². The summed E-state index contributed by atoms with van der Waals surface area (Å²) in [6.07, 6.45) is 11.0. The van der Waals surface area contributed by atoms with Gasteiger partial charge in [0.1, 0.15) is 0 Å². The van der Waals surface area contributed by atoms with Crippen molar-refractivity contribution >= 4 is 0 Å². The minimum atomic E-state index is 0. The average Bonchev–Trinajstić information content (AvgIpc) is 2.85. The maximum atomic E-state index is 5.33. The number of nitrogens with zero attached hydrogens (tertiary/aromatic N) is 9. The van der Waals surface area contributed by atoms with E-state index < -0.39 is 0 Å². The molecule has 7 saturated heterocycles. The first-order valence-corrected chi connectivity index (χ1v) is 27.1. The fraction of sp³-hybridized carbons (Fsp3) is 1.00. The van der Waals surface area contributed by atoms with Crippen molar-refractivity contribution < 1.29 is 50.8 Å². The number of hydrogen-bond acceptors (Lipinski definition) is 11. The van der Waals surface area contributed by atoms with Gasteiger partial charge in [-0.25, -0.2) is 0 Å².